The van der Waals surface area contributed by atoms with Crippen LogP contribution < -0.4 is 4.74 Å². The minimum atomic E-state index is 0.456. The van der Waals surface area contributed by atoms with E-state index in [1.165, 1.54) is 5.56 Å². The molecule has 0 aliphatic heterocycles. The molecule has 4 rings (SSSR count). The summed E-state index contributed by atoms with van der Waals surface area (Å²) >= 11 is 0. The summed E-state index contributed by atoms with van der Waals surface area (Å²) < 4.78 is 7.59. The summed E-state index contributed by atoms with van der Waals surface area (Å²) in [6, 6.07) is 17.9. The third-order valence-corrected chi connectivity index (χ3v) is 4.02. The lowest BCUT2D eigenvalue weighted by atomic mass is 10.0. The van der Waals surface area contributed by atoms with Crippen LogP contribution in [0.4, 0.5) is 0 Å². The SMILES string of the molecule is CC(C)c1ccc(Oc2cnc3c(cnn3-c3ccccc3)n2)cc1. The average molecular weight is 330 g/mol. The molecule has 0 N–H and O–H groups in total. The van der Waals surface area contributed by atoms with Crippen molar-refractivity contribution in [1.82, 2.24) is 19.7 Å². The molecule has 0 saturated heterocycles. The van der Waals surface area contributed by atoms with Gasteiger partial charge in [0.2, 0.25) is 5.88 Å². The summed E-state index contributed by atoms with van der Waals surface area (Å²) in [6.45, 7) is 4.33. The summed E-state index contributed by atoms with van der Waals surface area (Å²) in [5.41, 5.74) is 3.62. The van der Waals surface area contributed by atoms with Crippen LogP contribution in [0.25, 0.3) is 16.9 Å². The fraction of sp³-hybridized carbons (Fsp3) is 0.150. The molecule has 25 heavy (non-hydrogen) atoms. The smallest absolute Gasteiger partial charge is 0.238 e. The Morgan fingerprint density at radius 3 is 2.40 bits per heavy atom. The van der Waals surface area contributed by atoms with Crippen molar-refractivity contribution < 1.29 is 4.74 Å². The zero-order chi connectivity index (χ0) is 17.2. The van der Waals surface area contributed by atoms with E-state index in [0.29, 0.717) is 23.0 Å². The Bertz CT molecular complexity index is 991. The Hall–Kier alpha value is -3.21. The number of hydrogen-bond donors (Lipinski definition) is 0. The van der Waals surface area contributed by atoms with Crippen LogP contribution in [0, 0.1) is 0 Å². The number of aromatic nitrogens is 4. The van der Waals surface area contributed by atoms with E-state index >= 15 is 0 Å². The highest BCUT2D eigenvalue weighted by atomic mass is 16.5. The maximum absolute atomic E-state index is 5.83. The highest BCUT2D eigenvalue weighted by molar-refractivity contribution is 5.72. The molecule has 0 radical (unpaired) electrons. The molecule has 0 atom stereocenters. The lowest BCUT2D eigenvalue weighted by Crippen LogP contribution is -1.98. The third kappa shape index (κ3) is 3.08. The minimum Gasteiger partial charge on any atom is -0.437 e. The fourth-order valence-corrected chi connectivity index (χ4v) is 2.65. The van der Waals surface area contributed by atoms with E-state index in [9.17, 15) is 0 Å². The highest BCUT2D eigenvalue weighted by Gasteiger charge is 2.09. The average Bonchev–Trinajstić information content (AvgIpc) is 3.06. The molecule has 124 valence electrons. The first-order valence-electron chi connectivity index (χ1n) is 8.25. The molecular weight excluding hydrogens is 312 g/mol. The van der Waals surface area contributed by atoms with Crippen molar-refractivity contribution in [1.29, 1.82) is 0 Å². The van der Waals surface area contributed by atoms with Gasteiger partial charge in [-0.1, -0.05) is 44.2 Å². The van der Waals surface area contributed by atoms with Crippen LogP contribution in [0.3, 0.4) is 0 Å². The Morgan fingerprint density at radius 1 is 0.920 bits per heavy atom. The van der Waals surface area contributed by atoms with Crippen molar-refractivity contribution >= 4 is 11.2 Å². The van der Waals surface area contributed by atoms with Gasteiger partial charge in [0.1, 0.15) is 11.3 Å². The van der Waals surface area contributed by atoms with Crippen molar-refractivity contribution in [2.45, 2.75) is 19.8 Å². The van der Waals surface area contributed by atoms with Gasteiger partial charge in [-0.2, -0.15) is 5.10 Å². The minimum absolute atomic E-state index is 0.456. The number of rotatable bonds is 4. The summed E-state index contributed by atoms with van der Waals surface area (Å²) in [7, 11) is 0. The van der Waals surface area contributed by atoms with Crippen molar-refractivity contribution in [3.8, 4) is 17.3 Å². The first-order valence-corrected chi connectivity index (χ1v) is 8.25. The summed E-state index contributed by atoms with van der Waals surface area (Å²) in [5.74, 6) is 1.69. The lowest BCUT2D eigenvalue weighted by Gasteiger charge is -2.08. The molecule has 0 unspecified atom stereocenters. The predicted molar refractivity (Wildman–Crippen MR) is 97.3 cm³/mol. The molecule has 0 bridgehead atoms. The molecule has 0 aliphatic rings. The molecule has 0 amide bonds. The Balaban J connectivity index is 1.62. The third-order valence-electron chi connectivity index (χ3n) is 4.02. The molecule has 2 aromatic carbocycles. The van der Waals surface area contributed by atoms with E-state index in [1.807, 2.05) is 42.5 Å². The van der Waals surface area contributed by atoms with Crippen molar-refractivity contribution in [2.75, 3.05) is 0 Å². The topological polar surface area (TPSA) is 52.8 Å². The standard InChI is InChI=1S/C20H18N4O/c1-14(2)15-8-10-17(11-9-15)25-19-13-21-20-18(23-19)12-22-24(20)16-6-4-3-5-7-16/h3-14H,1-2H3. The van der Waals surface area contributed by atoms with Crippen LogP contribution in [-0.2, 0) is 0 Å². The Kier molecular flexibility index (Phi) is 3.90. The Labute approximate surface area is 145 Å². The van der Waals surface area contributed by atoms with Gasteiger partial charge in [0.25, 0.3) is 0 Å². The number of para-hydroxylation sites is 1. The molecule has 0 saturated carbocycles. The monoisotopic (exact) mass is 330 g/mol. The van der Waals surface area contributed by atoms with Gasteiger partial charge in [-0.25, -0.2) is 14.6 Å². The number of nitrogens with zero attached hydrogens (tertiary/aromatic N) is 4. The molecule has 4 aromatic rings. The summed E-state index contributed by atoms with van der Waals surface area (Å²) in [4.78, 5) is 8.98. The lowest BCUT2D eigenvalue weighted by molar-refractivity contribution is 0.462. The van der Waals surface area contributed by atoms with Crippen LogP contribution in [0.5, 0.6) is 11.6 Å². The summed E-state index contributed by atoms with van der Waals surface area (Å²) in [6.07, 6.45) is 3.32. The van der Waals surface area contributed by atoms with Crippen molar-refractivity contribution in [3.63, 3.8) is 0 Å². The molecule has 2 aromatic heterocycles. The number of fused-ring (bicyclic) bond motifs is 1. The predicted octanol–water partition coefficient (Wildman–Crippen LogP) is 4.73. The molecule has 0 aliphatic carbocycles. The molecule has 5 nitrogen and oxygen atoms in total. The first-order chi connectivity index (χ1) is 12.2. The quantitative estimate of drug-likeness (QED) is 0.543. The van der Waals surface area contributed by atoms with Gasteiger partial charge >= 0.3 is 0 Å². The summed E-state index contributed by atoms with van der Waals surface area (Å²) in [5, 5.41) is 4.38. The van der Waals surface area contributed by atoms with E-state index in [1.54, 1.807) is 17.1 Å². The molecular formula is C20H18N4O. The van der Waals surface area contributed by atoms with Gasteiger partial charge in [0.05, 0.1) is 18.1 Å². The normalized spacial score (nSPS) is 11.2. The van der Waals surface area contributed by atoms with Crippen molar-refractivity contribution in [2.24, 2.45) is 0 Å². The molecule has 5 heteroatoms. The van der Waals surface area contributed by atoms with E-state index in [0.717, 1.165) is 11.4 Å². The molecule has 2 heterocycles. The van der Waals surface area contributed by atoms with Gasteiger partial charge in [-0.15, -0.1) is 0 Å². The second-order valence-corrected chi connectivity index (χ2v) is 6.13. The van der Waals surface area contributed by atoms with E-state index in [4.69, 9.17) is 4.74 Å². The van der Waals surface area contributed by atoms with Gasteiger partial charge in [-0.05, 0) is 35.7 Å². The number of benzene rings is 2. The first kappa shape index (κ1) is 15.3. The van der Waals surface area contributed by atoms with Gasteiger partial charge in [-0.3, -0.25) is 0 Å². The van der Waals surface area contributed by atoms with Gasteiger partial charge in [0.15, 0.2) is 5.65 Å². The zero-order valence-corrected chi connectivity index (χ0v) is 14.1. The van der Waals surface area contributed by atoms with Gasteiger partial charge in [0, 0.05) is 0 Å². The second-order valence-electron chi connectivity index (χ2n) is 6.13. The van der Waals surface area contributed by atoms with Crippen LogP contribution in [0.15, 0.2) is 67.0 Å². The fourth-order valence-electron chi connectivity index (χ4n) is 2.65. The van der Waals surface area contributed by atoms with Crippen molar-refractivity contribution in [3.05, 3.63) is 72.6 Å². The second kappa shape index (κ2) is 6.36. The van der Waals surface area contributed by atoms with Crippen LogP contribution in [-0.4, -0.2) is 19.7 Å². The van der Waals surface area contributed by atoms with E-state index in [2.05, 4.69) is 41.0 Å². The maximum Gasteiger partial charge on any atom is 0.238 e. The molecule has 0 spiro atoms. The van der Waals surface area contributed by atoms with Crippen LogP contribution in [0.1, 0.15) is 25.3 Å². The van der Waals surface area contributed by atoms with Crippen LogP contribution >= 0.6 is 0 Å². The van der Waals surface area contributed by atoms with Crippen LogP contribution in [0.2, 0.25) is 0 Å². The Morgan fingerprint density at radius 2 is 1.68 bits per heavy atom. The number of hydrogen-bond acceptors (Lipinski definition) is 4. The largest absolute Gasteiger partial charge is 0.437 e. The number of ether oxygens (including phenoxy) is 1. The highest BCUT2D eigenvalue weighted by Crippen LogP contribution is 2.24. The zero-order valence-electron chi connectivity index (χ0n) is 14.1. The van der Waals surface area contributed by atoms with Gasteiger partial charge < -0.3 is 4.74 Å². The van der Waals surface area contributed by atoms with E-state index < -0.39 is 0 Å². The van der Waals surface area contributed by atoms with E-state index in [-0.39, 0.29) is 0 Å². The molecule has 0 fully saturated rings. The maximum atomic E-state index is 5.83.